The van der Waals surface area contributed by atoms with Crippen LogP contribution in [0.4, 0.5) is 5.69 Å². The predicted molar refractivity (Wildman–Crippen MR) is 164 cm³/mol. The minimum atomic E-state index is -1.42. The van der Waals surface area contributed by atoms with Gasteiger partial charge in [-0.15, -0.1) is 0 Å². The van der Waals surface area contributed by atoms with Gasteiger partial charge in [-0.3, -0.25) is 14.4 Å². The lowest BCUT2D eigenvalue weighted by atomic mass is 9.62. The number of hydrogen-bond donors (Lipinski definition) is 1. The van der Waals surface area contributed by atoms with E-state index in [9.17, 15) is 14.4 Å². The molecule has 43 heavy (non-hydrogen) atoms. The summed E-state index contributed by atoms with van der Waals surface area (Å²) in [5, 5.41) is 3.55. The van der Waals surface area contributed by atoms with Crippen LogP contribution in [0.2, 0.25) is 5.02 Å². The van der Waals surface area contributed by atoms with Gasteiger partial charge in [-0.05, 0) is 71.3 Å². The fourth-order valence-corrected chi connectivity index (χ4v) is 7.25. The minimum Gasteiger partial charge on any atom is -0.493 e. The Balaban J connectivity index is 1.52. The molecule has 0 radical (unpaired) electrons. The molecule has 7 rings (SSSR count). The van der Waals surface area contributed by atoms with E-state index in [0.717, 1.165) is 11.1 Å². The highest BCUT2D eigenvalue weighted by Gasteiger charge is 2.70. The van der Waals surface area contributed by atoms with E-state index in [-0.39, 0.29) is 17.5 Å². The number of carbonyl (C=O) groups is 3. The van der Waals surface area contributed by atoms with Crippen molar-refractivity contribution in [1.82, 2.24) is 4.90 Å². The number of ether oxygens (including phenoxy) is 2. The van der Waals surface area contributed by atoms with Gasteiger partial charge in [0, 0.05) is 28.0 Å². The van der Waals surface area contributed by atoms with E-state index in [1.54, 1.807) is 42.5 Å². The number of rotatable bonds is 6. The summed E-state index contributed by atoms with van der Waals surface area (Å²) < 4.78 is 10.9. The topological polar surface area (TPSA) is 84.9 Å². The summed E-state index contributed by atoms with van der Waals surface area (Å²) >= 11 is 6.17. The van der Waals surface area contributed by atoms with Crippen LogP contribution >= 0.6 is 11.6 Å². The van der Waals surface area contributed by atoms with Gasteiger partial charge in [0.15, 0.2) is 23.1 Å². The Morgan fingerprint density at radius 1 is 0.837 bits per heavy atom. The molecular formula is C35H27ClN2O5. The van der Waals surface area contributed by atoms with Crippen LogP contribution in [-0.4, -0.2) is 42.6 Å². The number of benzene rings is 4. The third-order valence-corrected chi connectivity index (χ3v) is 9.17. The molecule has 0 saturated carbocycles. The van der Waals surface area contributed by atoms with Crippen LogP contribution in [0.5, 0.6) is 11.5 Å². The van der Waals surface area contributed by atoms with E-state index in [1.165, 1.54) is 14.2 Å². The molecular weight excluding hydrogens is 564 g/mol. The van der Waals surface area contributed by atoms with E-state index >= 15 is 0 Å². The molecule has 1 N–H and O–H groups in total. The van der Waals surface area contributed by atoms with Gasteiger partial charge in [-0.1, -0.05) is 54.1 Å². The first-order valence-corrected chi connectivity index (χ1v) is 14.3. The van der Waals surface area contributed by atoms with Gasteiger partial charge >= 0.3 is 0 Å². The number of Topliss-reactive ketones (excluding diaryl/α,β-unsaturated/α-hetero) is 2. The molecule has 1 spiro atoms. The maximum atomic E-state index is 15.0. The zero-order valence-corrected chi connectivity index (χ0v) is 24.2. The predicted octanol–water partition coefficient (Wildman–Crippen LogP) is 6.34. The highest BCUT2D eigenvalue weighted by Crippen LogP contribution is 2.62. The van der Waals surface area contributed by atoms with Crippen molar-refractivity contribution in [1.29, 1.82) is 0 Å². The lowest BCUT2D eigenvalue weighted by molar-refractivity contribution is -0.122. The summed E-state index contributed by atoms with van der Waals surface area (Å²) in [6, 6.07) is 25.2. The first-order valence-electron chi connectivity index (χ1n) is 13.9. The summed E-state index contributed by atoms with van der Waals surface area (Å²) in [5.74, 6) is -1.20. The Labute approximate surface area is 253 Å². The van der Waals surface area contributed by atoms with Gasteiger partial charge in [0.1, 0.15) is 11.5 Å². The summed E-state index contributed by atoms with van der Waals surface area (Å²) in [6.45, 7) is 0. The van der Waals surface area contributed by atoms with Crippen LogP contribution in [0.25, 0.3) is 6.08 Å². The minimum absolute atomic E-state index is 0.279. The molecule has 8 heteroatoms. The van der Waals surface area contributed by atoms with Crippen LogP contribution in [-0.2, 0) is 10.2 Å². The number of anilines is 1. The highest BCUT2D eigenvalue weighted by atomic mass is 35.5. The molecule has 7 nitrogen and oxygen atoms in total. The molecule has 3 aliphatic rings. The average Bonchev–Trinajstić information content (AvgIpc) is 3.52. The van der Waals surface area contributed by atoms with Crippen LogP contribution in [0.15, 0.2) is 97.2 Å². The number of ketones is 2. The van der Waals surface area contributed by atoms with E-state index < -0.39 is 23.4 Å². The number of fused-ring (bicyclic) bond motifs is 6. The molecule has 214 valence electrons. The standard InChI is InChI=1S/C35H27ClN2O5/c1-42-27-16-13-22(19-28(27)43-2)31(39)29-30(32(40)21-11-14-23(36)15-12-21)38-18-17-20-7-3-4-8-24(20)33(38)35(29)25-9-5-6-10-26(25)37-34(35)41/h3-19,29-30,33H,1-2H3,(H,37,41)/t29-,30+,33-,35+/m0/s1. The largest absolute Gasteiger partial charge is 0.493 e. The van der Waals surface area contributed by atoms with Crippen molar-refractivity contribution in [2.75, 3.05) is 19.5 Å². The summed E-state index contributed by atoms with van der Waals surface area (Å²) in [7, 11) is 3.02. The van der Waals surface area contributed by atoms with Crippen molar-refractivity contribution in [2.24, 2.45) is 5.92 Å². The maximum absolute atomic E-state index is 15.0. The SMILES string of the molecule is COc1ccc(C(=O)[C@@H]2[C@H](C(=O)c3ccc(Cl)cc3)N3C=Cc4ccccc4[C@H]3[C@]23C(=O)Nc2ccccc23)cc1OC. The van der Waals surface area contributed by atoms with Crippen LogP contribution in [0, 0.1) is 5.92 Å². The molecule has 0 unspecified atom stereocenters. The van der Waals surface area contributed by atoms with Crippen LogP contribution in [0.1, 0.15) is 43.4 Å². The number of carbonyl (C=O) groups excluding carboxylic acids is 3. The van der Waals surface area contributed by atoms with Gasteiger partial charge in [0.25, 0.3) is 0 Å². The number of para-hydroxylation sites is 1. The van der Waals surface area contributed by atoms with Gasteiger partial charge in [0.05, 0.1) is 26.2 Å². The van der Waals surface area contributed by atoms with Crippen molar-refractivity contribution in [3.63, 3.8) is 0 Å². The number of halogens is 1. The molecule has 4 aromatic carbocycles. The fourth-order valence-electron chi connectivity index (χ4n) is 7.12. The Bertz CT molecular complexity index is 1830. The normalized spacial score (nSPS) is 22.9. The van der Waals surface area contributed by atoms with Crippen molar-refractivity contribution in [2.45, 2.75) is 17.5 Å². The fraction of sp³-hybridized carbons (Fsp3) is 0.171. The van der Waals surface area contributed by atoms with Crippen molar-refractivity contribution < 1.29 is 23.9 Å². The van der Waals surface area contributed by atoms with E-state index in [4.69, 9.17) is 21.1 Å². The Kier molecular flexibility index (Phi) is 6.36. The van der Waals surface area contributed by atoms with Crippen LogP contribution < -0.4 is 14.8 Å². The summed E-state index contributed by atoms with van der Waals surface area (Å²) in [6.07, 6.45) is 3.78. The van der Waals surface area contributed by atoms with Crippen molar-refractivity contribution in [3.05, 3.63) is 130 Å². The highest BCUT2D eigenvalue weighted by molar-refractivity contribution is 6.30. The zero-order chi connectivity index (χ0) is 29.9. The molecule has 0 aliphatic carbocycles. The Hall–Kier alpha value is -4.88. The molecule has 3 aliphatic heterocycles. The number of nitrogens with one attached hydrogen (secondary N) is 1. The first-order chi connectivity index (χ1) is 20.9. The molecule has 1 amide bonds. The monoisotopic (exact) mass is 590 g/mol. The smallest absolute Gasteiger partial charge is 0.238 e. The summed E-state index contributed by atoms with van der Waals surface area (Å²) in [4.78, 5) is 46.1. The van der Waals surface area contributed by atoms with Gasteiger partial charge in [-0.2, -0.15) is 0 Å². The lowest BCUT2D eigenvalue weighted by Crippen LogP contribution is -2.49. The molecule has 4 atom stereocenters. The first kappa shape index (κ1) is 27.0. The summed E-state index contributed by atoms with van der Waals surface area (Å²) in [5.41, 5.74) is 2.40. The lowest BCUT2D eigenvalue weighted by Gasteiger charge is -2.38. The second-order valence-electron chi connectivity index (χ2n) is 10.9. The van der Waals surface area contributed by atoms with Gasteiger partial charge < -0.3 is 19.7 Å². The third kappa shape index (κ3) is 3.85. The molecule has 0 aromatic heterocycles. The van der Waals surface area contributed by atoms with Gasteiger partial charge in [-0.25, -0.2) is 0 Å². The number of nitrogens with zero attached hydrogens (tertiary/aromatic N) is 1. The molecule has 1 fully saturated rings. The average molecular weight is 591 g/mol. The quantitative estimate of drug-likeness (QED) is 0.264. The maximum Gasteiger partial charge on any atom is 0.238 e. The molecule has 1 saturated heterocycles. The Morgan fingerprint density at radius 3 is 2.30 bits per heavy atom. The second-order valence-corrected chi connectivity index (χ2v) is 11.3. The van der Waals surface area contributed by atoms with Gasteiger partial charge in [0.2, 0.25) is 5.91 Å². The third-order valence-electron chi connectivity index (χ3n) is 8.92. The Morgan fingerprint density at radius 2 is 1.53 bits per heavy atom. The number of amides is 1. The zero-order valence-electron chi connectivity index (χ0n) is 23.4. The number of methoxy groups -OCH3 is 2. The molecule has 0 bridgehead atoms. The van der Waals surface area contributed by atoms with E-state index in [2.05, 4.69) is 5.32 Å². The second kappa shape index (κ2) is 10.1. The molecule has 3 heterocycles. The van der Waals surface area contributed by atoms with Crippen molar-refractivity contribution >= 4 is 40.8 Å². The van der Waals surface area contributed by atoms with Crippen molar-refractivity contribution in [3.8, 4) is 11.5 Å². The molecule has 4 aromatic rings. The number of hydrogen-bond acceptors (Lipinski definition) is 6. The van der Waals surface area contributed by atoms with E-state index in [0.29, 0.717) is 38.9 Å². The van der Waals surface area contributed by atoms with Crippen LogP contribution in [0.3, 0.4) is 0 Å². The van der Waals surface area contributed by atoms with E-state index in [1.807, 2.05) is 65.7 Å².